The number of likely N-dealkylation sites (tertiary alicyclic amines) is 1. The maximum absolute atomic E-state index is 13.1. The van der Waals surface area contributed by atoms with E-state index in [9.17, 15) is 18.3 Å². The zero-order valence-corrected chi connectivity index (χ0v) is 23.5. The van der Waals surface area contributed by atoms with Gasteiger partial charge in [0.2, 0.25) is 5.91 Å². The highest BCUT2D eigenvalue weighted by atomic mass is 35.5. The zero-order chi connectivity index (χ0) is 25.8. The van der Waals surface area contributed by atoms with E-state index in [4.69, 9.17) is 16.6 Å². The third-order valence-corrected chi connectivity index (χ3v) is 12.1. The molecule has 2 fully saturated rings. The molecule has 1 aromatic heterocycles. The topological polar surface area (TPSA) is 87.6 Å². The molecule has 1 aromatic carbocycles. The number of carbonyl (C=O) groups is 1. The number of amides is 1. The highest BCUT2D eigenvalue weighted by Crippen LogP contribution is 2.57. The van der Waals surface area contributed by atoms with E-state index in [0.717, 1.165) is 55.8 Å². The first-order valence-electron chi connectivity index (χ1n) is 12.9. The maximum Gasteiger partial charge on any atom is 0.225 e. The minimum Gasteiger partial charge on any atom is -0.392 e. The van der Waals surface area contributed by atoms with Gasteiger partial charge in [-0.25, -0.2) is 13.4 Å². The highest BCUT2D eigenvalue weighted by molar-refractivity contribution is 7.90. The van der Waals surface area contributed by atoms with E-state index in [1.54, 1.807) is 12.1 Å². The number of aliphatic hydroxyl groups excluding tert-OH is 1. The first kappa shape index (κ1) is 26.1. The smallest absolute Gasteiger partial charge is 0.225 e. The summed E-state index contributed by atoms with van der Waals surface area (Å²) in [4.78, 5) is 21.3. The molecule has 36 heavy (non-hydrogen) atoms. The molecule has 2 aliphatic carbocycles. The third kappa shape index (κ3) is 4.63. The summed E-state index contributed by atoms with van der Waals surface area (Å²) in [6.07, 6.45) is 4.09. The molecule has 6 atom stereocenters. The number of halogens is 1. The first-order valence-corrected chi connectivity index (χ1v) is 15.8. The van der Waals surface area contributed by atoms with Gasteiger partial charge in [-0.15, -0.1) is 11.3 Å². The molecule has 1 unspecified atom stereocenters. The fourth-order valence-corrected chi connectivity index (χ4v) is 10.1. The van der Waals surface area contributed by atoms with E-state index in [2.05, 4.69) is 13.8 Å². The van der Waals surface area contributed by atoms with Crippen molar-refractivity contribution in [2.75, 3.05) is 13.1 Å². The van der Waals surface area contributed by atoms with Crippen LogP contribution in [0.25, 0.3) is 0 Å². The zero-order valence-electron chi connectivity index (χ0n) is 21.1. The van der Waals surface area contributed by atoms with Crippen LogP contribution in [0, 0.1) is 23.2 Å². The van der Waals surface area contributed by atoms with E-state index in [-0.39, 0.29) is 45.6 Å². The van der Waals surface area contributed by atoms with Gasteiger partial charge in [0.05, 0.1) is 16.7 Å². The van der Waals surface area contributed by atoms with Crippen LogP contribution in [-0.2, 0) is 26.8 Å². The number of fused-ring (bicyclic) bond motifs is 2. The number of benzene rings is 1. The van der Waals surface area contributed by atoms with Gasteiger partial charge < -0.3 is 10.0 Å². The highest BCUT2D eigenvalue weighted by Gasteiger charge is 2.54. The van der Waals surface area contributed by atoms with Crippen molar-refractivity contribution in [2.45, 2.75) is 75.5 Å². The number of aliphatic hydroxyl groups is 1. The number of hydrogen-bond donors (Lipinski definition) is 1. The predicted octanol–water partition coefficient (Wildman–Crippen LogP) is 5.08. The lowest BCUT2D eigenvalue weighted by Crippen LogP contribution is -2.53. The SMILES string of the molecule is C[C@H](C(=O)N1CCCC1)C1CC[C@@]2(C)Cc3sc(CS(=O)(=O)c4ccc(Cl)cc4)nc3[C@@H](C)[C@@H]2[C@H]1O. The van der Waals surface area contributed by atoms with Gasteiger partial charge in [0.15, 0.2) is 9.84 Å². The fourth-order valence-electron chi connectivity index (χ4n) is 6.96. The molecular formula is C27H35ClN2O4S2. The van der Waals surface area contributed by atoms with Crippen molar-refractivity contribution in [3.63, 3.8) is 0 Å². The molecule has 1 aliphatic heterocycles. The van der Waals surface area contributed by atoms with Crippen LogP contribution >= 0.6 is 22.9 Å². The molecule has 6 nitrogen and oxygen atoms in total. The normalized spacial score (nSPS) is 31.1. The van der Waals surface area contributed by atoms with Crippen LogP contribution < -0.4 is 0 Å². The summed E-state index contributed by atoms with van der Waals surface area (Å²) in [5.41, 5.74) is 0.819. The van der Waals surface area contributed by atoms with Crippen molar-refractivity contribution in [2.24, 2.45) is 23.2 Å². The summed E-state index contributed by atoms with van der Waals surface area (Å²) >= 11 is 7.41. The lowest BCUT2D eigenvalue weighted by atomic mass is 9.53. The average Bonchev–Trinajstić information content (AvgIpc) is 3.48. The number of aromatic nitrogens is 1. The van der Waals surface area contributed by atoms with Crippen LogP contribution in [0.2, 0.25) is 5.02 Å². The van der Waals surface area contributed by atoms with E-state index in [0.29, 0.717) is 10.0 Å². The number of nitrogens with zero attached hydrogens (tertiary/aromatic N) is 2. The summed E-state index contributed by atoms with van der Waals surface area (Å²) in [5, 5.41) is 12.7. The van der Waals surface area contributed by atoms with E-state index >= 15 is 0 Å². The molecule has 9 heteroatoms. The molecule has 5 rings (SSSR count). The molecular weight excluding hydrogens is 516 g/mol. The van der Waals surface area contributed by atoms with E-state index in [1.165, 1.54) is 23.5 Å². The number of rotatable bonds is 5. The Morgan fingerprint density at radius 1 is 1.28 bits per heavy atom. The molecule has 3 aliphatic rings. The molecule has 0 spiro atoms. The molecule has 2 aromatic rings. The molecule has 1 saturated carbocycles. The molecule has 0 bridgehead atoms. The Kier molecular flexibility index (Phi) is 7.03. The Balaban J connectivity index is 1.37. The van der Waals surface area contributed by atoms with Gasteiger partial charge in [0.1, 0.15) is 10.8 Å². The monoisotopic (exact) mass is 550 g/mol. The van der Waals surface area contributed by atoms with Crippen LogP contribution in [0.3, 0.4) is 0 Å². The summed E-state index contributed by atoms with van der Waals surface area (Å²) in [5.74, 6) is -0.260. The van der Waals surface area contributed by atoms with Crippen molar-refractivity contribution < 1.29 is 18.3 Å². The van der Waals surface area contributed by atoms with Gasteiger partial charge in [-0.3, -0.25) is 4.79 Å². The summed E-state index contributed by atoms with van der Waals surface area (Å²) in [6, 6.07) is 6.24. The minimum absolute atomic E-state index is 0.00567. The second-order valence-corrected chi connectivity index (χ2v) is 14.9. The number of sulfone groups is 1. The van der Waals surface area contributed by atoms with Crippen molar-refractivity contribution in [3.8, 4) is 0 Å². The predicted molar refractivity (Wildman–Crippen MR) is 142 cm³/mol. The van der Waals surface area contributed by atoms with E-state index < -0.39 is 15.9 Å². The number of hydrogen-bond acceptors (Lipinski definition) is 6. The van der Waals surface area contributed by atoms with E-state index in [1.807, 2.05) is 11.8 Å². The molecule has 1 N–H and O–H groups in total. The van der Waals surface area contributed by atoms with Crippen LogP contribution in [-0.4, -0.2) is 48.5 Å². The Bertz CT molecular complexity index is 1240. The van der Waals surface area contributed by atoms with Crippen LogP contribution in [0.15, 0.2) is 29.2 Å². The molecule has 196 valence electrons. The van der Waals surface area contributed by atoms with Crippen molar-refractivity contribution in [1.29, 1.82) is 0 Å². The Labute approximate surface area is 223 Å². The largest absolute Gasteiger partial charge is 0.392 e. The van der Waals surface area contributed by atoms with Crippen LogP contribution in [0.5, 0.6) is 0 Å². The lowest BCUT2D eigenvalue weighted by Gasteiger charge is -2.53. The molecule has 1 saturated heterocycles. The molecule has 0 radical (unpaired) electrons. The second kappa shape index (κ2) is 9.68. The summed E-state index contributed by atoms with van der Waals surface area (Å²) < 4.78 is 26.0. The molecule has 1 amide bonds. The van der Waals surface area contributed by atoms with Crippen molar-refractivity contribution in [1.82, 2.24) is 9.88 Å². The molecule has 2 heterocycles. The Morgan fingerprint density at radius 2 is 1.94 bits per heavy atom. The Hall–Kier alpha value is -1.48. The van der Waals surface area contributed by atoms with Crippen LogP contribution in [0.1, 0.15) is 68.0 Å². The van der Waals surface area contributed by atoms with Crippen molar-refractivity contribution >= 4 is 38.7 Å². The standard InChI is InChI=1S/C27H35ClN2O4S2/c1-16(26(32)30-12-4-5-13-30)20-10-11-27(3)14-21-24(17(2)23(27)25(20)31)29-22(35-21)15-36(33,34)19-8-6-18(28)7-9-19/h6-9,16-17,20,23,25,31H,4-5,10-15H2,1-3H3/t16-,17-,20?,23+,25-,27-/m0/s1. The van der Waals surface area contributed by atoms with Gasteiger partial charge in [-0.1, -0.05) is 32.4 Å². The van der Waals surface area contributed by atoms with Gasteiger partial charge in [-0.2, -0.15) is 0 Å². The number of carbonyl (C=O) groups excluding carboxylic acids is 1. The van der Waals surface area contributed by atoms with Crippen molar-refractivity contribution in [3.05, 3.63) is 44.9 Å². The first-order chi connectivity index (χ1) is 17.0. The third-order valence-electron chi connectivity index (χ3n) is 8.90. The summed E-state index contributed by atoms with van der Waals surface area (Å²) in [6.45, 7) is 7.99. The Morgan fingerprint density at radius 3 is 2.61 bits per heavy atom. The maximum atomic E-state index is 13.1. The van der Waals surface area contributed by atoms with Gasteiger partial charge in [0.25, 0.3) is 0 Å². The second-order valence-electron chi connectivity index (χ2n) is 11.3. The fraction of sp³-hybridized carbons (Fsp3) is 0.630. The van der Waals surface area contributed by atoms with Gasteiger partial charge in [0, 0.05) is 34.8 Å². The lowest BCUT2D eigenvalue weighted by molar-refractivity contribution is -0.143. The van der Waals surface area contributed by atoms with Gasteiger partial charge in [-0.05, 0) is 73.6 Å². The number of thiazole rings is 1. The van der Waals surface area contributed by atoms with Crippen LogP contribution in [0.4, 0.5) is 0 Å². The van der Waals surface area contributed by atoms with Gasteiger partial charge >= 0.3 is 0 Å². The average molecular weight is 551 g/mol. The quantitative estimate of drug-likeness (QED) is 0.561. The minimum atomic E-state index is -3.54. The summed E-state index contributed by atoms with van der Waals surface area (Å²) in [7, 11) is -3.54.